The molecular weight excluding hydrogens is 454 g/mol. The third kappa shape index (κ3) is 4.86. The van der Waals surface area contributed by atoms with E-state index < -0.39 is 11.2 Å². The molecule has 1 aromatic heterocycles. The van der Waals surface area contributed by atoms with Crippen LogP contribution < -0.4 is 16.1 Å². The number of anilines is 2. The van der Waals surface area contributed by atoms with Gasteiger partial charge in [0.25, 0.3) is 11.5 Å². The Labute approximate surface area is 210 Å². The van der Waals surface area contributed by atoms with Crippen molar-refractivity contribution in [2.24, 2.45) is 0 Å². The molecule has 8 nitrogen and oxygen atoms in total. The van der Waals surface area contributed by atoms with Crippen molar-refractivity contribution in [1.29, 1.82) is 0 Å². The molecule has 36 heavy (non-hydrogen) atoms. The third-order valence-corrected chi connectivity index (χ3v) is 7.84. The number of H-pyrrole nitrogens is 2. The summed E-state index contributed by atoms with van der Waals surface area (Å²) >= 11 is 0. The Morgan fingerprint density at radius 2 is 1.44 bits per heavy atom. The minimum absolute atomic E-state index is 0.0130. The molecule has 0 saturated carbocycles. The number of amides is 1. The summed E-state index contributed by atoms with van der Waals surface area (Å²) in [5.74, 6) is -0.324. The average Bonchev–Trinajstić information content (AvgIpc) is 2.91. The van der Waals surface area contributed by atoms with E-state index in [4.69, 9.17) is 0 Å². The van der Waals surface area contributed by atoms with Gasteiger partial charge >= 0.3 is 5.69 Å². The van der Waals surface area contributed by atoms with Gasteiger partial charge in [-0.25, -0.2) is 4.79 Å². The third-order valence-electron chi connectivity index (χ3n) is 7.84. The fourth-order valence-corrected chi connectivity index (χ4v) is 5.66. The van der Waals surface area contributed by atoms with Crippen molar-refractivity contribution >= 4 is 17.3 Å². The van der Waals surface area contributed by atoms with Gasteiger partial charge in [0.1, 0.15) is 5.56 Å². The molecule has 0 bridgehead atoms. The van der Waals surface area contributed by atoms with Gasteiger partial charge in [-0.2, -0.15) is 0 Å². The molecule has 2 fully saturated rings. The van der Waals surface area contributed by atoms with Gasteiger partial charge in [-0.05, 0) is 56.9 Å². The van der Waals surface area contributed by atoms with Crippen LogP contribution in [0.2, 0.25) is 0 Å². The molecule has 188 valence electrons. The number of rotatable bonds is 5. The lowest BCUT2D eigenvalue weighted by Gasteiger charge is -2.50. The van der Waals surface area contributed by atoms with Gasteiger partial charge in [-0.1, -0.05) is 36.4 Å². The maximum atomic E-state index is 12.9. The Morgan fingerprint density at radius 3 is 1.97 bits per heavy atom. The molecule has 8 heteroatoms. The van der Waals surface area contributed by atoms with E-state index >= 15 is 0 Å². The molecule has 0 aliphatic carbocycles. The minimum atomic E-state index is -0.638. The van der Waals surface area contributed by atoms with Crippen LogP contribution in [0.15, 0.2) is 76.4 Å². The van der Waals surface area contributed by atoms with Crippen molar-refractivity contribution in [3.63, 3.8) is 0 Å². The van der Waals surface area contributed by atoms with Crippen molar-refractivity contribution in [1.82, 2.24) is 19.8 Å². The van der Waals surface area contributed by atoms with Crippen LogP contribution in [0.3, 0.4) is 0 Å². The van der Waals surface area contributed by atoms with Crippen LogP contribution >= 0.6 is 0 Å². The van der Waals surface area contributed by atoms with Crippen LogP contribution in [0, 0.1) is 0 Å². The first kappa shape index (κ1) is 24.1. The lowest BCUT2D eigenvalue weighted by atomic mass is 9.85. The maximum Gasteiger partial charge on any atom is 0.325 e. The van der Waals surface area contributed by atoms with Gasteiger partial charge in [0, 0.05) is 55.3 Å². The van der Waals surface area contributed by atoms with E-state index in [1.807, 2.05) is 0 Å². The van der Waals surface area contributed by atoms with E-state index in [2.05, 4.69) is 87.4 Å². The second-order valence-corrected chi connectivity index (χ2v) is 10.0. The number of para-hydroxylation sites is 2. The molecule has 2 saturated heterocycles. The molecule has 2 N–H and O–H groups in total. The van der Waals surface area contributed by atoms with Crippen LogP contribution in [0.1, 0.15) is 43.0 Å². The Balaban J connectivity index is 1.23. The smallest absolute Gasteiger partial charge is 0.325 e. The molecule has 0 spiro atoms. The monoisotopic (exact) mass is 487 g/mol. The summed E-state index contributed by atoms with van der Waals surface area (Å²) < 4.78 is 0. The van der Waals surface area contributed by atoms with Gasteiger partial charge in [0.15, 0.2) is 0 Å². The average molecular weight is 488 g/mol. The first-order valence-electron chi connectivity index (χ1n) is 12.7. The predicted molar refractivity (Wildman–Crippen MR) is 141 cm³/mol. The van der Waals surface area contributed by atoms with E-state index in [-0.39, 0.29) is 17.0 Å². The van der Waals surface area contributed by atoms with Crippen molar-refractivity contribution in [2.45, 2.75) is 44.2 Å². The number of nitrogens with zero attached hydrogens (tertiary/aromatic N) is 3. The number of hydrogen-bond donors (Lipinski definition) is 2. The number of aromatic amines is 2. The summed E-state index contributed by atoms with van der Waals surface area (Å²) in [6.45, 7) is 5.49. The Bertz CT molecular complexity index is 1250. The number of carbonyl (C=O) groups is 1. The number of aromatic nitrogens is 2. The quantitative estimate of drug-likeness (QED) is 0.576. The SMILES string of the molecule is CC1(N2CCC(N(c3ccccc3)c3ccccc3)CC2)CCN(C(=O)c2c[nH]c(=O)[nH]c2=O)CC1. The standard InChI is InChI=1S/C28H33N5O3/c1-28(14-18-31(19-15-28)26(35)24-20-29-27(36)30-25(24)34)32-16-12-23(13-17-32)33(21-8-4-2-5-9-21)22-10-6-3-7-11-22/h2-11,20,23H,12-19H2,1H3,(H2,29,30,34,36). The van der Waals surface area contributed by atoms with E-state index in [9.17, 15) is 14.4 Å². The molecule has 5 rings (SSSR count). The lowest BCUT2D eigenvalue weighted by Crippen LogP contribution is -2.58. The molecule has 3 heterocycles. The molecule has 0 unspecified atom stereocenters. The number of carbonyl (C=O) groups excluding carboxylic acids is 1. The van der Waals surface area contributed by atoms with E-state index in [1.165, 1.54) is 17.6 Å². The van der Waals surface area contributed by atoms with Crippen LogP contribution in [0.5, 0.6) is 0 Å². The molecular formula is C28H33N5O3. The Morgan fingerprint density at radius 1 is 0.889 bits per heavy atom. The molecule has 2 aliphatic heterocycles. The zero-order chi connectivity index (χ0) is 25.1. The van der Waals surface area contributed by atoms with Crippen LogP contribution in [-0.4, -0.2) is 63.4 Å². The highest BCUT2D eigenvalue weighted by molar-refractivity contribution is 5.93. The van der Waals surface area contributed by atoms with Crippen molar-refractivity contribution in [3.05, 3.63) is 93.3 Å². The number of likely N-dealkylation sites (tertiary alicyclic amines) is 2. The van der Waals surface area contributed by atoms with E-state index in [0.29, 0.717) is 19.1 Å². The Kier molecular flexibility index (Phi) is 6.78. The minimum Gasteiger partial charge on any atom is -0.338 e. The van der Waals surface area contributed by atoms with E-state index in [1.54, 1.807) is 4.90 Å². The highest BCUT2D eigenvalue weighted by Gasteiger charge is 2.39. The van der Waals surface area contributed by atoms with Crippen molar-refractivity contribution in [3.8, 4) is 0 Å². The van der Waals surface area contributed by atoms with Crippen LogP contribution in [0.4, 0.5) is 11.4 Å². The van der Waals surface area contributed by atoms with E-state index in [0.717, 1.165) is 38.8 Å². The first-order chi connectivity index (χ1) is 17.4. The van der Waals surface area contributed by atoms with Gasteiger partial charge in [0.2, 0.25) is 0 Å². The maximum absolute atomic E-state index is 12.9. The summed E-state index contributed by atoms with van der Waals surface area (Å²) in [4.78, 5) is 47.5. The predicted octanol–water partition coefficient (Wildman–Crippen LogP) is 3.36. The summed E-state index contributed by atoms with van der Waals surface area (Å²) in [6, 6.07) is 21.6. The van der Waals surface area contributed by atoms with Crippen molar-refractivity contribution in [2.75, 3.05) is 31.1 Å². The topological polar surface area (TPSA) is 92.5 Å². The summed E-state index contributed by atoms with van der Waals surface area (Å²) in [7, 11) is 0. The Hall–Kier alpha value is -3.65. The van der Waals surface area contributed by atoms with Gasteiger partial charge in [-0.15, -0.1) is 0 Å². The second kappa shape index (κ2) is 10.1. The van der Waals surface area contributed by atoms with Gasteiger partial charge in [-0.3, -0.25) is 19.5 Å². The summed E-state index contributed by atoms with van der Waals surface area (Å²) in [6.07, 6.45) is 5.05. The van der Waals surface area contributed by atoms with Crippen LogP contribution in [-0.2, 0) is 0 Å². The number of benzene rings is 2. The highest BCUT2D eigenvalue weighted by Crippen LogP contribution is 2.36. The van der Waals surface area contributed by atoms with Crippen molar-refractivity contribution < 1.29 is 4.79 Å². The van der Waals surface area contributed by atoms with Crippen LogP contribution in [0.25, 0.3) is 0 Å². The summed E-state index contributed by atoms with van der Waals surface area (Å²) in [5.41, 5.74) is 1.20. The molecule has 2 aliphatic rings. The highest BCUT2D eigenvalue weighted by atomic mass is 16.2. The number of nitrogens with one attached hydrogen (secondary N) is 2. The van der Waals surface area contributed by atoms with Gasteiger partial charge < -0.3 is 14.8 Å². The fraction of sp³-hybridized carbons (Fsp3) is 0.393. The number of piperidine rings is 2. The molecule has 0 radical (unpaired) electrons. The molecule has 3 aromatic rings. The zero-order valence-corrected chi connectivity index (χ0v) is 20.7. The summed E-state index contributed by atoms with van der Waals surface area (Å²) in [5, 5.41) is 0. The molecule has 2 aromatic carbocycles. The molecule has 1 amide bonds. The number of hydrogen-bond acceptors (Lipinski definition) is 5. The zero-order valence-electron chi connectivity index (χ0n) is 20.7. The largest absolute Gasteiger partial charge is 0.338 e. The second-order valence-electron chi connectivity index (χ2n) is 10.0. The molecule has 0 atom stereocenters. The normalized spacial score (nSPS) is 18.6. The van der Waals surface area contributed by atoms with Gasteiger partial charge in [0.05, 0.1) is 0 Å². The fourth-order valence-electron chi connectivity index (χ4n) is 5.66. The lowest BCUT2D eigenvalue weighted by molar-refractivity contribution is 0.0176. The first-order valence-corrected chi connectivity index (χ1v) is 12.7.